The number of methoxy groups -OCH3 is 1. The lowest BCUT2D eigenvalue weighted by molar-refractivity contribution is -0.116. The molecule has 4 nitrogen and oxygen atoms in total. The fourth-order valence-corrected chi connectivity index (χ4v) is 1.60. The zero-order valence-electron chi connectivity index (χ0n) is 10.4. The fourth-order valence-electron chi connectivity index (χ4n) is 1.25. The van der Waals surface area contributed by atoms with Gasteiger partial charge < -0.3 is 10.1 Å². The first kappa shape index (κ1) is 13.8. The summed E-state index contributed by atoms with van der Waals surface area (Å²) in [6, 6.07) is 3.50. The van der Waals surface area contributed by atoms with Gasteiger partial charge in [-0.1, -0.05) is 6.92 Å². The summed E-state index contributed by atoms with van der Waals surface area (Å²) in [5.41, 5.74) is 0.701. The number of thioether (sulfide) groups is 1. The summed E-state index contributed by atoms with van der Waals surface area (Å²) in [6.45, 7) is 2.12. The largest absolute Gasteiger partial charge is 0.481 e. The standard InChI is InChI=1S/C12H18N2O2S/c1-9(17-3)4-6-11(15)14-10-5-7-12(16-2)13-8-10/h5,7-9H,4,6H2,1-3H3,(H,14,15). The first-order chi connectivity index (χ1) is 8.15. The van der Waals surface area contributed by atoms with Gasteiger partial charge in [0.1, 0.15) is 0 Å². The molecule has 0 aliphatic carbocycles. The summed E-state index contributed by atoms with van der Waals surface area (Å²) in [5, 5.41) is 3.32. The Kier molecular flexibility index (Phi) is 5.83. The van der Waals surface area contributed by atoms with Crippen LogP contribution in [0.4, 0.5) is 5.69 Å². The Morgan fingerprint density at radius 3 is 2.88 bits per heavy atom. The third-order valence-electron chi connectivity index (χ3n) is 2.41. The highest BCUT2D eigenvalue weighted by molar-refractivity contribution is 7.99. The zero-order chi connectivity index (χ0) is 12.7. The number of rotatable bonds is 6. The van der Waals surface area contributed by atoms with E-state index in [9.17, 15) is 4.79 Å². The van der Waals surface area contributed by atoms with Crippen molar-refractivity contribution in [1.82, 2.24) is 4.98 Å². The van der Waals surface area contributed by atoms with Crippen molar-refractivity contribution in [3.8, 4) is 5.88 Å². The summed E-state index contributed by atoms with van der Waals surface area (Å²) in [7, 11) is 1.56. The number of anilines is 1. The van der Waals surface area contributed by atoms with Crippen LogP contribution in [0.5, 0.6) is 5.88 Å². The monoisotopic (exact) mass is 254 g/mol. The quantitative estimate of drug-likeness (QED) is 0.847. The van der Waals surface area contributed by atoms with E-state index in [2.05, 4.69) is 23.5 Å². The lowest BCUT2D eigenvalue weighted by Gasteiger charge is -2.08. The maximum absolute atomic E-state index is 11.6. The number of hydrogen-bond donors (Lipinski definition) is 1. The fraction of sp³-hybridized carbons (Fsp3) is 0.500. The van der Waals surface area contributed by atoms with Crippen LogP contribution in [0.15, 0.2) is 18.3 Å². The summed E-state index contributed by atoms with van der Waals surface area (Å²) >= 11 is 1.77. The van der Waals surface area contributed by atoms with Crippen LogP contribution < -0.4 is 10.1 Å². The summed E-state index contributed by atoms with van der Waals surface area (Å²) in [4.78, 5) is 15.6. The van der Waals surface area contributed by atoms with E-state index < -0.39 is 0 Å². The molecule has 1 aromatic heterocycles. The van der Waals surface area contributed by atoms with Crippen LogP contribution in [0, 0.1) is 0 Å². The SMILES string of the molecule is COc1ccc(NC(=O)CCC(C)SC)cn1. The number of pyridine rings is 1. The van der Waals surface area contributed by atoms with Gasteiger partial charge in [0.2, 0.25) is 11.8 Å². The van der Waals surface area contributed by atoms with E-state index in [1.54, 1.807) is 37.2 Å². The van der Waals surface area contributed by atoms with E-state index in [0.29, 0.717) is 23.2 Å². The number of amides is 1. The van der Waals surface area contributed by atoms with E-state index in [1.165, 1.54) is 0 Å². The van der Waals surface area contributed by atoms with E-state index in [1.807, 2.05) is 0 Å². The Morgan fingerprint density at radius 2 is 2.35 bits per heavy atom. The van der Waals surface area contributed by atoms with Gasteiger partial charge in [-0.05, 0) is 18.7 Å². The van der Waals surface area contributed by atoms with Crippen LogP contribution in [0.1, 0.15) is 19.8 Å². The number of carbonyl (C=O) groups is 1. The molecule has 0 saturated carbocycles. The molecule has 1 aromatic rings. The highest BCUT2D eigenvalue weighted by Gasteiger charge is 2.06. The molecular formula is C12H18N2O2S. The molecule has 0 aromatic carbocycles. The van der Waals surface area contributed by atoms with Crippen LogP contribution in [-0.4, -0.2) is 29.5 Å². The molecule has 0 spiro atoms. The molecule has 0 aliphatic rings. The smallest absolute Gasteiger partial charge is 0.224 e. The number of ether oxygens (including phenoxy) is 1. The Balaban J connectivity index is 2.39. The van der Waals surface area contributed by atoms with Gasteiger partial charge in [0, 0.05) is 17.7 Å². The minimum atomic E-state index is 0.0258. The van der Waals surface area contributed by atoms with E-state index >= 15 is 0 Å². The Labute approximate surface area is 106 Å². The number of aromatic nitrogens is 1. The van der Waals surface area contributed by atoms with Crippen LogP contribution in [-0.2, 0) is 4.79 Å². The Bertz CT molecular complexity index is 354. The molecule has 1 N–H and O–H groups in total. The van der Waals surface area contributed by atoms with E-state index in [-0.39, 0.29) is 5.91 Å². The van der Waals surface area contributed by atoms with Gasteiger partial charge in [-0.2, -0.15) is 11.8 Å². The van der Waals surface area contributed by atoms with Crippen molar-refractivity contribution < 1.29 is 9.53 Å². The molecule has 0 fully saturated rings. The predicted octanol–water partition coefficient (Wildman–Crippen LogP) is 2.56. The number of carbonyl (C=O) groups excluding carboxylic acids is 1. The van der Waals surface area contributed by atoms with E-state index in [4.69, 9.17) is 4.74 Å². The lowest BCUT2D eigenvalue weighted by atomic mass is 10.2. The van der Waals surface area contributed by atoms with Gasteiger partial charge in [-0.25, -0.2) is 4.98 Å². The lowest BCUT2D eigenvalue weighted by Crippen LogP contribution is -2.13. The second kappa shape index (κ2) is 7.17. The average Bonchev–Trinajstić information content (AvgIpc) is 2.36. The maximum Gasteiger partial charge on any atom is 0.224 e. The van der Waals surface area contributed by atoms with Crippen molar-refractivity contribution in [1.29, 1.82) is 0 Å². The third kappa shape index (κ3) is 5.08. The van der Waals surface area contributed by atoms with Crippen LogP contribution >= 0.6 is 11.8 Å². The molecule has 1 atom stereocenters. The first-order valence-corrected chi connectivity index (χ1v) is 6.77. The molecule has 1 amide bonds. The normalized spacial score (nSPS) is 11.9. The van der Waals surface area contributed by atoms with Crippen molar-refractivity contribution in [3.63, 3.8) is 0 Å². The zero-order valence-corrected chi connectivity index (χ0v) is 11.2. The van der Waals surface area contributed by atoms with Crippen molar-refractivity contribution in [3.05, 3.63) is 18.3 Å². The molecular weight excluding hydrogens is 236 g/mol. The summed E-state index contributed by atoms with van der Waals surface area (Å²) in [5.74, 6) is 0.567. The molecule has 1 rings (SSSR count). The molecule has 0 saturated heterocycles. The Hall–Kier alpha value is -1.23. The highest BCUT2D eigenvalue weighted by atomic mass is 32.2. The van der Waals surface area contributed by atoms with Crippen molar-refractivity contribution in [2.45, 2.75) is 25.0 Å². The molecule has 1 unspecified atom stereocenters. The van der Waals surface area contributed by atoms with Gasteiger partial charge in [0.15, 0.2) is 0 Å². The maximum atomic E-state index is 11.6. The first-order valence-electron chi connectivity index (χ1n) is 5.48. The van der Waals surface area contributed by atoms with Crippen molar-refractivity contribution in [2.24, 2.45) is 0 Å². The van der Waals surface area contributed by atoms with Crippen molar-refractivity contribution in [2.75, 3.05) is 18.7 Å². The topological polar surface area (TPSA) is 51.2 Å². The van der Waals surface area contributed by atoms with E-state index in [0.717, 1.165) is 6.42 Å². The van der Waals surface area contributed by atoms with Crippen molar-refractivity contribution >= 4 is 23.4 Å². The molecule has 0 aliphatic heterocycles. The van der Waals surface area contributed by atoms with Crippen LogP contribution in [0.25, 0.3) is 0 Å². The van der Waals surface area contributed by atoms with Gasteiger partial charge in [-0.3, -0.25) is 4.79 Å². The number of hydrogen-bond acceptors (Lipinski definition) is 4. The second-order valence-corrected chi connectivity index (χ2v) is 5.00. The molecule has 0 bridgehead atoms. The summed E-state index contributed by atoms with van der Waals surface area (Å²) in [6.07, 6.45) is 5.06. The molecule has 17 heavy (non-hydrogen) atoms. The van der Waals surface area contributed by atoms with Gasteiger partial charge in [0.25, 0.3) is 0 Å². The third-order valence-corrected chi connectivity index (χ3v) is 3.45. The molecule has 5 heteroatoms. The predicted molar refractivity (Wildman–Crippen MR) is 71.6 cm³/mol. The number of nitrogens with one attached hydrogen (secondary N) is 1. The average molecular weight is 254 g/mol. The summed E-state index contributed by atoms with van der Waals surface area (Å²) < 4.78 is 4.94. The van der Waals surface area contributed by atoms with Crippen LogP contribution in [0.2, 0.25) is 0 Å². The molecule has 0 radical (unpaired) electrons. The highest BCUT2D eigenvalue weighted by Crippen LogP contribution is 2.14. The minimum absolute atomic E-state index is 0.0258. The van der Waals surface area contributed by atoms with Gasteiger partial charge in [-0.15, -0.1) is 0 Å². The minimum Gasteiger partial charge on any atom is -0.481 e. The molecule has 94 valence electrons. The molecule has 1 heterocycles. The second-order valence-electron chi connectivity index (χ2n) is 3.72. The van der Waals surface area contributed by atoms with Gasteiger partial charge in [0.05, 0.1) is 19.0 Å². The van der Waals surface area contributed by atoms with Gasteiger partial charge >= 0.3 is 0 Å². The van der Waals surface area contributed by atoms with Crippen LogP contribution in [0.3, 0.4) is 0 Å². The Morgan fingerprint density at radius 1 is 1.59 bits per heavy atom. The number of nitrogens with zero attached hydrogens (tertiary/aromatic N) is 1.